The molecule has 0 saturated carbocycles. The molecule has 4 rings (SSSR count). The van der Waals surface area contributed by atoms with Crippen LogP contribution in [-0.4, -0.2) is 24.5 Å². The lowest BCUT2D eigenvalue weighted by Gasteiger charge is -2.24. The van der Waals surface area contributed by atoms with E-state index in [-0.39, 0.29) is 0 Å². The Labute approximate surface area is 176 Å². The second-order valence-corrected chi connectivity index (χ2v) is 8.54. The van der Waals surface area contributed by atoms with E-state index in [0.29, 0.717) is 5.92 Å². The van der Waals surface area contributed by atoms with Crippen LogP contribution in [0.15, 0.2) is 83.3 Å². The van der Waals surface area contributed by atoms with Crippen LogP contribution in [0, 0.1) is 6.92 Å². The van der Waals surface area contributed by atoms with Gasteiger partial charge in [-0.1, -0.05) is 94.3 Å². The van der Waals surface area contributed by atoms with Gasteiger partial charge in [0.2, 0.25) is 0 Å². The van der Waals surface area contributed by atoms with Gasteiger partial charge in [-0.2, -0.15) is 0 Å². The molecule has 28 heavy (non-hydrogen) atoms. The lowest BCUT2D eigenvalue weighted by atomic mass is 9.87. The Morgan fingerprint density at radius 3 is 2.57 bits per heavy atom. The third-order valence-electron chi connectivity index (χ3n) is 5.56. The summed E-state index contributed by atoms with van der Waals surface area (Å²) in [5.74, 6) is 0.413. The van der Waals surface area contributed by atoms with Crippen LogP contribution < -0.4 is 0 Å². The van der Waals surface area contributed by atoms with Gasteiger partial charge in [0.1, 0.15) is 0 Å². The summed E-state index contributed by atoms with van der Waals surface area (Å²) in [6.07, 6.45) is 5.65. The van der Waals surface area contributed by atoms with Crippen LogP contribution in [-0.2, 0) is 6.42 Å². The Hall–Kier alpha value is -2.16. The molecular weight excluding hydrogens is 406 g/mol. The first-order chi connectivity index (χ1) is 13.7. The van der Waals surface area contributed by atoms with Gasteiger partial charge in [-0.25, -0.2) is 0 Å². The van der Waals surface area contributed by atoms with Crippen molar-refractivity contribution in [1.29, 1.82) is 0 Å². The molecule has 2 heteroatoms. The maximum absolute atomic E-state index is 3.58. The zero-order valence-electron chi connectivity index (χ0n) is 16.3. The molecule has 1 atom stereocenters. The molecule has 0 aliphatic carbocycles. The van der Waals surface area contributed by atoms with E-state index in [4.69, 9.17) is 0 Å². The summed E-state index contributed by atoms with van der Waals surface area (Å²) >= 11 is 3.58. The van der Waals surface area contributed by atoms with E-state index >= 15 is 0 Å². The fourth-order valence-corrected chi connectivity index (χ4v) is 4.31. The van der Waals surface area contributed by atoms with Crippen LogP contribution in [0.5, 0.6) is 0 Å². The first-order valence-electron chi connectivity index (χ1n) is 9.98. The standard InChI is InChI=1S/C26H26BrN/c1-20-9-10-23-15-17-28(16-5-8-21-6-3-2-4-7-21)19-26(25(23)18-20)22-11-13-24(27)14-12-22/h2-14,18,26H,15-17,19H2,1H3/b8-5+. The Morgan fingerprint density at radius 2 is 1.79 bits per heavy atom. The van der Waals surface area contributed by atoms with Crippen molar-refractivity contribution >= 4 is 22.0 Å². The van der Waals surface area contributed by atoms with Crippen LogP contribution in [0.4, 0.5) is 0 Å². The fourth-order valence-electron chi connectivity index (χ4n) is 4.04. The molecule has 1 unspecified atom stereocenters. The summed E-state index contributed by atoms with van der Waals surface area (Å²) in [6.45, 7) is 5.33. The molecule has 142 valence electrons. The average Bonchev–Trinajstić information content (AvgIpc) is 2.89. The Balaban J connectivity index is 1.59. The van der Waals surface area contributed by atoms with Gasteiger partial charge < -0.3 is 0 Å². The molecule has 0 bridgehead atoms. The summed E-state index contributed by atoms with van der Waals surface area (Å²) in [5.41, 5.74) is 7.00. The van der Waals surface area contributed by atoms with Gasteiger partial charge in [-0.15, -0.1) is 0 Å². The van der Waals surface area contributed by atoms with Gasteiger partial charge in [-0.3, -0.25) is 4.90 Å². The Bertz CT molecular complexity index is 944. The van der Waals surface area contributed by atoms with Crippen molar-refractivity contribution in [2.24, 2.45) is 0 Å². The molecule has 1 nitrogen and oxygen atoms in total. The predicted molar refractivity (Wildman–Crippen MR) is 123 cm³/mol. The molecule has 0 spiro atoms. The highest BCUT2D eigenvalue weighted by Crippen LogP contribution is 2.32. The monoisotopic (exact) mass is 431 g/mol. The van der Waals surface area contributed by atoms with Crippen LogP contribution in [0.1, 0.15) is 33.7 Å². The topological polar surface area (TPSA) is 3.24 Å². The minimum atomic E-state index is 0.413. The second kappa shape index (κ2) is 8.89. The largest absolute Gasteiger partial charge is 0.298 e. The van der Waals surface area contributed by atoms with E-state index in [0.717, 1.165) is 30.5 Å². The number of nitrogens with zero attached hydrogens (tertiary/aromatic N) is 1. The molecule has 1 aliphatic heterocycles. The minimum absolute atomic E-state index is 0.413. The number of aryl methyl sites for hydroxylation is 1. The van der Waals surface area contributed by atoms with Crippen molar-refractivity contribution < 1.29 is 0 Å². The van der Waals surface area contributed by atoms with Gasteiger partial charge in [-0.05, 0) is 47.7 Å². The predicted octanol–water partition coefficient (Wildman–Crippen LogP) is 6.46. The number of hydrogen-bond acceptors (Lipinski definition) is 1. The van der Waals surface area contributed by atoms with E-state index in [1.54, 1.807) is 0 Å². The maximum Gasteiger partial charge on any atom is 0.0220 e. The van der Waals surface area contributed by atoms with Crippen molar-refractivity contribution in [3.8, 4) is 0 Å². The highest BCUT2D eigenvalue weighted by Gasteiger charge is 2.24. The van der Waals surface area contributed by atoms with Gasteiger partial charge in [0.15, 0.2) is 0 Å². The third-order valence-corrected chi connectivity index (χ3v) is 6.09. The summed E-state index contributed by atoms with van der Waals surface area (Å²) < 4.78 is 1.14. The number of hydrogen-bond donors (Lipinski definition) is 0. The lowest BCUT2D eigenvalue weighted by Crippen LogP contribution is -2.29. The number of rotatable bonds is 4. The number of halogens is 1. The zero-order valence-corrected chi connectivity index (χ0v) is 17.9. The number of fused-ring (bicyclic) bond motifs is 1. The van der Waals surface area contributed by atoms with Crippen molar-refractivity contribution in [2.45, 2.75) is 19.3 Å². The van der Waals surface area contributed by atoms with Crippen LogP contribution in [0.2, 0.25) is 0 Å². The highest BCUT2D eigenvalue weighted by atomic mass is 79.9. The van der Waals surface area contributed by atoms with Gasteiger partial charge >= 0.3 is 0 Å². The van der Waals surface area contributed by atoms with E-state index in [9.17, 15) is 0 Å². The second-order valence-electron chi connectivity index (χ2n) is 7.63. The molecule has 0 saturated heterocycles. The van der Waals surface area contributed by atoms with Crippen LogP contribution >= 0.6 is 15.9 Å². The van der Waals surface area contributed by atoms with Gasteiger partial charge in [0.05, 0.1) is 0 Å². The highest BCUT2D eigenvalue weighted by molar-refractivity contribution is 9.10. The fraction of sp³-hybridized carbons (Fsp3) is 0.231. The molecule has 3 aromatic carbocycles. The Kier molecular flexibility index (Phi) is 6.09. The molecule has 1 aliphatic rings. The van der Waals surface area contributed by atoms with E-state index in [1.165, 1.54) is 27.8 Å². The van der Waals surface area contributed by atoms with Gasteiger partial charge in [0, 0.05) is 30.0 Å². The van der Waals surface area contributed by atoms with E-state index in [2.05, 4.69) is 113 Å². The van der Waals surface area contributed by atoms with Gasteiger partial charge in [0.25, 0.3) is 0 Å². The average molecular weight is 432 g/mol. The summed E-state index contributed by atoms with van der Waals surface area (Å²) in [5, 5.41) is 0. The van der Waals surface area contributed by atoms with Crippen LogP contribution in [0.3, 0.4) is 0 Å². The number of benzene rings is 3. The molecule has 1 heterocycles. The van der Waals surface area contributed by atoms with E-state index < -0.39 is 0 Å². The third kappa shape index (κ3) is 4.63. The molecule has 0 fully saturated rings. The first kappa shape index (κ1) is 19.2. The van der Waals surface area contributed by atoms with E-state index in [1.807, 2.05) is 0 Å². The molecule has 3 aromatic rings. The smallest absolute Gasteiger partial charge is 0.0220 e. The lowest BCUT2D eigenvalue weighted by molar-refractivity contribution is 0.306. The molecule has 0 radical (unpaired) electrons. The summed E-state index contributed by atoms with van der Waals surface area (Å²) in [4.78, 5) is 2.58. The molecular formula is C26H26BrN. The van der Waals surface area contributed by atoms with Crippen LogP contribution in [0.25, 0.3) is 6.08 Å². The molecule has 0 N–H and O–H groups in total. The van der Waals surface area contributed by atoms with Crippen molar-refractivity contribution in [3.05, 3.63) is 111 Å². The normalized spacial score (nSPS) is 17.4. The Morgan fingerprint density at radius 1 is 1.00 bits per heavy atom. The zero-order chi connectivity index (χ0) is 19.3. The minimum Gasteiger partial charge on any atom is -0.298 e. The quantitative estimate of drug-likeness (QED) is 0.457. The van der Waals surface area contributed by atoms with Crippen molar-refractivity contribution in [1.82, 2.24) is 4.90 Å². The maximum atomic E-state index is 3.58. The summed E-state index contributed by atoms with van der Waals surface area (Å²) in [6, 6.07) is 26.4. The summed E-state index contributed by atoms with van der Waals surface area (Å²) in [7, 11) is 0. The first-order valence-corrected chi connectivity index (χ1v) is 10.8. The van der Waals surface area contributed by atoms with Crippen molar-refractivity contribution in [2.75, 3.05) is 19.6 Å². The van der Waals surface area contributed by atoms with Crippen molar-refractivity contribution in [3.63, 3.8) is 0 Å². The molecule has 0 amide bonds. The SMILES string of the molecule is Cc1ccc2c(c1)C(c1ccc(Br)cc1)CN(C/C=C/c1ccccc1)CC2. The molecule has 0 aromatic heterocycles.